The third-order valence-electron chi connectivity index (χ3n) is 3.47. The molecule has 1 aromatic heterocycles. The minimum Gasteiger partial charge on any atom is -0.475 e. The maximum atomic E-state index is 12.9. The minimum atomic E-state index is -4.39. The zero-order valence-corrected chi connectivity index (χ0v) is 12.5. The van der Waals surface area contributed by atoms with E-state index in [1.807, 2.05) is 0 Å². The van der Waals surface area contributed by atoms with Crippen LogP contribution in [0, 0.1) is 0 Å². The van der Waals surface area contributed by atoms with E-state index in [0.717, 1.165) is 6.07 Å². The summed E-state index contributed by atoms with van der Waals surface area (Å²) in [6, 6.07) is 8.54. The van der Waals surface area contributed by atoms with Gasteiger partial charge in [0.25, 0.3) is 0 Å². The van der Waals surface area contributed by atoms with Gasteiger partial charge in [-0.3, -0.25) is 9.78 Å². The number of hydrogen-bond donors (Lipinski definition) is 1. The largest absolute Gasteiger partial charge is 0.475 e. The van der Waals surface area contributed by atoms with E-state index in [4.69, 9.17) is 5.11 Å². The SMILES string of the molecule is O=C(O)C(=O)Cc1ccc(CCc2ccccc2C(F)(F)F)cn1. The first kappa shape index (κ1) is 17.7. The van der Waals surface area contributed by atoms with Crippen molar-refractivity contribution in [3.63, 3.8) is 0 Å². The molecule has 7 heteroatoms. The standard InChI is InChI=1S/C17H14F3NO3/c18-17(19,20)14-4-2-1-3-12(14)7-5-11-6-8-13(21-10-11)9-15(22)16(23)24/h1-4,6,8,10H,5,7,9H2,(H,23,24). The number of halogens is 3. The minimum absolute atomic E-state index is 0.199. The average Bonchev–Trinajstić information content (AvgIpc) is 2.53. The molecule has 0 fully saturated rings. The normalized spacial score (nSPS) is 11.3. The van der Waals surface area contributed by atoms with Gasteiger partial charge in [-0.15, -0.1) is 0 Å². The summed E-state index contributed by atoms with van der Waals surface area (Å²) >= 11 is 0. The second-order valence-corrected chi connectivity index (χ2v) is 5.22. The number of ketones is 1. The highest BCUT2D eigenvalue weighted by Gasteiger charge is 2.32. The third-order valence-corrected chi connectivity index (χ3v) is 3.47. The van der Waals surface area contributed by atoms with E-state index in [1.54, 1.807) is 12.1 Å². The molecule has 0 amide bonds. The van der Waals surface area contributed by atoms with Crippen molar-refractivity contribution in [1.82, 2.24) is 4.98 Å². The molecule has 0 spiro atoms. The average molecular weight is 337 g/mol. The van der Waals surface area contributed by atoms with Crippen LogP contribution >= 0.6 is 0 Å². The summed E-state index contributed by atoms with van der Waals surface area (Å²) in [7, 11) is 0. The van der Waals surface area contributed by atoms with Gasteiger partial charge in [0.2, 0.25) is 5.78 Å². The van der Waals surface area contributed by atoms with Gasteiger partial charge in [-0.1, -0.05) is 24.3 Å². The van der Waals surface area contributed by atoms with Crippen LogP contribution in [-0.4, -0.2) is 21.8 Å². The van der Waals surface area contributed by atoms with Crippen molar-refractivity contribution in [2.24, 2.45) is 0 Å². The molecule has 2 rings (SSSR count). The fourth-order valence-corrected chi connectivity index (χ4v) is 2.24. The topological polar surface area (TPSA) is 67.3 Å². The molecule has 0 saturated carbocycles. The first-order valence-corrected chi connectivity index (χ1v) is 7.12. The van der Waals surface area contributed by atoms with Crippen LogP contribution in [0.1, 0.15) is 22.4 Å². The van der Waals surface area contributed by atoms with Gasteiger partial charge in [0.05, 0.1) is 12.0 Å². The Hall–Kier alpha value is -2.70. The number of aliphatic carboxylic acids is 1. The number of aryl methyl sites for hydroxylation is 2. The first-order valence-electron chi connectivity index (χ1n) is 7.12. The monoisotopic (exact) mass is 337 g/mol. The lowest BCUT2D eigenvalue weighted by atomic mass is 10.00. The van der Waals surface area contributed by atoms with Crippen molar-refractivity contribution in [2.45, 2.75) is 25.4 Å². The summed E-state index contributed by atoms with van der Waals surface area (Å²) in [4.78, 5) is 25.5. The molecule has 1 N–H and O–H groups in total. The molecule has 0 atom stereocenters. The number of alkyl halides is 3. The van der Waals surface area contributed by atoms with Gasteiger partial charge >= 0.3 is 12.1 Å². The van der Waals surface area contributed by atoms with Crippen LogP contribution in [0.2, 0.25) is 0 Å². The van der Waals surface area contributed by atoms with Crippen molar-refractivity contribution in [1.29, 1.82) is 0 Å². The Bertz CT molecular complexity index is 739. The number of rotatable bonds is 6. The van der Waals surface area contributed by atoms with Crippen molar-refractivity contribution in [2.75, 3.05) is 0 Å². The molecule has 126 valence electrons. The Morgan fingerprint density at radius 1 is 1.04 bits per heavy atom. The Morgan fingerprint density at radius 3 is 2.33 bits per heavy atom. The van der Waals surface area contributed by atoms with E-state index in [9.17, 15) is 22.8 Å². The molecule has 0 aliphatic heterocycles. The second kappa shape index (κ2) is 7.25. The number of carbonyl (C=O) groups excluding carboxylic acids is 1. The van der Waals surface area contributed by atoms with Crippen LogP contribution in [0.4, 0.5) is 13.2 Å². The third kappa shape index (κ3) is 4.65. The highest BCUT2D eigenvalue weighted by Crippen LogP contribution is 2.32. The smallest absolute Gasteiger partial charge is 0.416 e. The Kier molecular flexibility index (Phi) is 5.33. The van der Waals surface area contributed by atoms with Crippen molar-refractivity contribution in [3.05, 3.63) is 65.0 Å². The molecule has 4 nitrogen and oxygen atoms in total. The van der Waals surface area contributed by atoms with Gasteiger partial charge in [-0.2, -0.15) is 13.2 Å². The fraction of sp³-hybridized carbons (Fsp3) is 0.235. The molecule has 0 aliphatic carbocycles. The predicted molar refractivity (Wildman–Crippen MR) is 79.4 cm³/mol. The number of carboxylic acid groups (broad SMARTS) is 1. The maximum Gasteiger partial charge on any atom is 0.416 e. The maximum absolute atomic E-state index is 12.9. The van der Waals surface area contributed by atoms with Crippen LogP contribution in [0.3, 0.4) is 0 Å². The molecule has 2 aromatic rings. The summed E-state index contributed by atoms with van der Waals surface area (Å²) < 4.78 is 38.8. The van der Waals surface area contributed by atoms with Gasteiger partial charge < -0.3 is 5.11 Å². The van der Waals surface area contributed by atoms with Crippen LogP contribution in [0.25, 0.3) is 0 Å². The quantitative estimate of drug-likeness (QED) is 0.823. The molecule has 24 heavy (non-hydrogen) atoms. The zero-order chi connectivity index (χ0) is 17.7. The van der Waals surface area contributed by atoms with Gasteiger partial charge in [-0.05, 0) is 36.1 Å². The van der Waals surface area contributed by atoms with E-state index in [2.05, 4.69) is 4.98 Å². The van der Waals surface area contributed by atoms with E-state index < -0.39 is 23.5 Å². The molecule has 1 aromatic carbocycles. The van der Waals surface area contributed by atoms with Crippen LogP contribution in [-0.2, 0) is 35.0 Å². The lowest BCUT2D eigenvalue weighted by Gasteiger charge is -2.12. The van der Waals surface area contributed by atoms with Crippen molar-refractivity contribution < 1.29 is 27.9 Å². The molecule has 0 unspecified atom stereocenters. The number of Topliss-reactive ketones (excluding diaryl/α,β-unsaturated/α-hetero) is 1. The highest BCUT2D eigenvalue weighted by molar-refractivity contribution is 6.33. The van der Waals surface area contributed by atoms with Gasteiger partial charge in [0, 0.05) is 11.9 Å². The number of carbonyl (C=O) groups is 2. The summed E-state index contributed by atoms with van der Waals surface area (Å²) in [5.74, 6) is -2.49. The number of benzene rings is 1. The molecule has 1 heterocycles. The van der Waals surface area contributed by atoms with Gasteiger partial charge in [-0.25, -0.2) is 4.79 Å². The lowest BCUT2D eigenvalue weighted by molar-refractivity contribution is -0.148. The summed E-state index contributed by atoms with van der Waals surface area (Å²) in [5, 5.41) is 8.53. The highest BCUT2D eigenvalue weighted by atomic mass is 19.4. The number of carboxylic acids is 1. The van der Waals surface area contributed by atoms with E-state index in [1.165, 1.54) is 24.4 Å². The number of aromatic nitrogens is 1. The summed E-state index contributed by atoms with van der Waals surface area (Å²) in [5.41, 5.74) is 0.567. The Balaban J connectivity index is 2.03. The van der Waals surface area contributed by atoms with Crippen molar-refractivity contribution >= 4 is 11.8 Å². The van der Waals surface area contributed by atoms with Gasteiger partial charge in [0.1, 0.15) is 0 Å². The molecular weight excluding hydrogens is 323 g/mol. The van der Waals surface area contributed by atoms with Crippen LogP contribution in [0.5, 0.6) is 0 Å². The Labute approximate surface area is 136 Å². The lowest BCUT2D eigenvalue weighted by Crippen LogP contribution is -2.15. The first-order chi connectivity index (χ1) is 11.3. The second-order valence-electron chi connectivity index (χ2n) is 5.22. The number of nitrogens with zero attached hydrogens (tertiary/aromatic N) is 1. The number of hydrogen-bond acceptors (Lipinski definition) is 3. The van der Waals surface area contributed by atoms with E-state index in [0.29, 0.717) is 17.7 Å². The van der Waals surface area contributed by atoms with E-state index in [-0.39, 0.29) is 18.4 Å². The van der Waals surface area contributed by atoms with Gasteiger partial charge in [0.15, 0.2) is 0 Å². The fourth-order valence-electron chi connectivity index (χ4n) is 2.24. The summed E-state index contributed by atoms with van der Waals surface area (Å²) in [6.07, 6.45) is -2.71. The molecule has 0 bridgehead atoms. The zero-order valence-electron chi connectivity index (χ0n) is 12.5. The van der Waals surface area contributed by atoms with Crippen LogP contribution in [0.15, 0.2) is 42.6 Å². The Morgan fingerprint density at radius 2 is 1.75 bits per heavy atom. The molecule has 0 radical (unpaired) electrons. The van der Waals surface area contributed by atoms with Crippen molar-refractivity contribution in [3.8, 4) is 0 Å². The molecule has 0 aliphatic rings. The predicted octanol–water partition coefficient (Wildman–Crippen LogP) is 3.08. The summed E-state index contributed by atoms with van der Waals surface area (Å²) in [6.45, 7) is 0. The molecule has 0 saturated heterocycles. The van der Waals surface area contributed by atoms with Crippen LogP contribution < -0.4 is 0 Å². The van der Waals surface area contributed by atoms with E-state index >= 15 is 0 Å². The molecular formula is C17H14F3NO3. The number of pyridine rings is 1.